The third kappa shape index (κ3) is 2.11. The summed E-state index contributed by atoms with van der Waals surface area (Å²) in [5.74, 6) is 0. The molecule has 0 aliphatic rings. The summed E-state index contributed by atoms with van der Waals surface area (Å²) in [4.78, 5) is 4.96. The first-order chi connectivity index (χ1) is 10.2. The van der Waals surface area contributed by atoms with Crippen LogP contribution in [0.5, 0.6) is 0 Å². The van der Waals surface area contributed by atoms with Gasteiger partial charge in [0.1, 0.15) is 0 Å². The van der Waals surface area contributed by atoms with E-state index in [2.05, 4.69) is 72.7 Å². The largest absolute Gasteiger partial charge is 0.248 e. The van der Waals surface area contributed by atoms with Crippen molar-refractivity contribution in [1.82, 2.24) is 4.98 Å². The summed E-state index contributed by atoms with van der Waals surface area (Å²) in [5.41, 5.74) is 9.14. The van der Waals surface area contributed by atoms with Crippen LogP contribution in [0.2, 0.25) is 0 Å². The summed E-state index contributed by atoms with van der Waals surface area (Å²) in [6, 6.07) is 8.71. The number of hydrogen-bond donors (Lipinski definition) is 0. The van der Waals surface area contributed by atoms with E-state index >= 15 is 0 Å². The predicted molar refractivity (Wildman–Crippen MR) is 96.9 cm³/mol. The molecule has 0 saturated carbocycles. The minimum atomic E-state index is 0.0799. The van der Waals surface area contributed by atoms with E-state index < -0.39 is 0 Å². The van der Waals surface area contributed by atoms with Crippen LogP contribution in [0, 0.1) is 27.7 Å². The fourth-order valence-corrected chi connectivity index (χ4v) is 3.43. The van der Waals surface area contributed by atoms with Crippen LogP contribution in [0.15, 0.2) is 24.3 Å². The number of hydrogen-bond acceptors (Lipinski definition) is 1. The molecular weight excluding hydrogens is 266 g/mol. The second-order valence-corrected chi connectivity index (χ2v) is 7.54. The van der Waals surface area contributed by atoms with Crippen LogP contribution < -0.4 is 0 Å². The molecule has 0 atom stereocenters. The van der Waals surface area contributed by atoms with Gasteiger partial charge in [-0.2, -0.15) is 0 Å². The van der Waals surface area contributed by atoms with E-state index in [-0.39, 0.29) is 5.41 Å². The third-order valence-corrected chi connectivity index (χ3v) is 4.92. The molecule has 0 N–H and O–H groups in total. The van der Waals surface area contributed by atoms with Gasteiger partial charge in [-0.05, 0) is 73.1 Å². The highest BCUT2D eigenvalue weighted by Crippen LogP contribution is 2.39. The van der Waals surface area contributed by atoms with Gasteiger partial charge in [-0.15, -0.1) is 0 Å². The van der Waals surface area contributed by atoms with E-state index in [1.54, 1.807) is 0 Å². The molecule has 114 valence electrons. The molecule has 0 amide bonds. The minimum Gasteiger partial charge on any atom is -0.248 e. The van der Waals surface area contributed by atoms with E-state index in [4.69, 9.17) is 4.98 Å². The molecule has 0 aliphatic carbocycles. The SMILES string of the molecule is Cc1ccc2nc3ccc(C)c(C)c3c(C(C)(C)C)c2c1C. The topological polar surface area (TPSA) is 12.9 Å². The van der Waals surface area contributed by atoms with Crippen LogP contribution in [0.1, 0.15) is 48.6 Å². The van der Waals surface area contributed by atoms with Gasteiger partial charge in [0.05, 0.1) is 11.0 Å². The molecule has 0 radical (unpaired) electrons. The Hall–Kier alpha value is -1.89. The summed E-state index contributed by atoms with van der Waals surface area (Å²) in [5, 5.41) is 2.68. The molecule has 0 bridgehead atoms. The Bertz CT molecular complexity index is 830. The molecule has 0 unspecified atom stereocenters. The van der Waals surface area contributed by atoms with E-state index in [1.165, 1.54) is 38.6 Å². The van der Waals surface area contributed by atoms with Crippen molar-refractivity contribution in [2.45, 2.75) is 53.9 Å². The molecule has 2 aromatic carbocycles. The van der Waals surface area contributed by atoms with E-state index in [1.807, 2.05) is 0 Å². The molecule has 3 aromatic rings. The van der Waals surface area contributed by atoms with Crippen LogP contribution in [-0.2, 0) is 5.41 Å². The van der Waals surface area contributed by atoms with Crippen molar-refractivity contribution < 1.29 is 0 Å². The molecule has 3 rings (SSSR count). The number of aryl methyl sites for hydroxylation is 4. The van der Waals surface area contributed by atoms with E-state index in [0.29, 0.717) is 0 Å². The van der Waals surface area contributed by atoms with Crippen LogP contribution in [0.3, 0.4) is 0 Å². The quantitative estimate of drug-likeness (QED) is 0.468. The van der Waals surface area contributed by atoms with Crippen LogP contribution in [0.25, 0.3) is 21.8 Å². The Morgan fingerprint density at radius 3 is 1.45 bits per heavy atom. The number of pyridine rings is 1. The van der Waals surface area contributed by atoms with Crippen molar-refractivity contribution in [2.75, 3.05) is 0 Å². The monoisotopic (exact) mass is 291 g/mol. The van der Waals surface area contributed by atoms with Gasteiger partial charge < -0.3 is 0 Å². The Balaban J connectivity index is 2.70. The molecule has 0 fully saturated rings. The van der Waals surface area contributed by atoms with E-state index in [9.17, 15) is 0 Å². The first kappa shape index (κ1) is 15.0. The fourth-order valence-electron chi connectivity index (χ4n) is 3.43. The Kier molecular flexibility index (Phi) is 3.28. The van der Waals surface area contributed by atoms with Gasteiger partial charge in [0.25, 0.3) is 0 Å². The maximum atomic E-state index is 4.96. The number of rotatable bonds is 0. The standard InChI is InChI=1S/C21H25N/c1-12-8-10-16-18(14(12)3)20(21(5,6)7)19-15(4)13(2)9-11-17(19)22-16/h8-11H,1-7H3. The second kappa shape index (κ2) is 4.81. The average Bonchev–Trinajstić information content (AvgIpc) is 2.44. The maximum absolute atomic E-state index is 4.96. The van der Waals surface area contributed by atoms with Gasteiger partial charge >= 0.3 is 0 Å². The highest BCUT2D eigenvalue weighted by atomic mass is 14.7. The molecule has 1 heteroatoms. The minimum absolute atomic E-state index is 0.0799. The lowest BCUT2D eigenvalue weighted by molar-refractivity contribution is 0.600. The van der Waals surface area contributed by atoms with Crippen LogP contribution in [-0.4, -0.2) is 4.98 Å². The Morgan fingerprint density at radius 1 is 0.682 bits per heavy atom. The lowest BCUT2D eigenvalue weighted by atomic mass is 9.79. The van der Waals surface area contributed by atoms with Gasteiger partial charge in [0, 0.05) is 10.8 Å². The van der Waals surface area contributed by atoms with Crippen LogP contribution in [0.4, 0.5) is 0 Å². The number of benzene rings is 2. The summed E-state index contributed by atoms with van der Waals surface area (Å²) in [6.07, 6.45) is 0. The Morgan fingerprint density at radius 2 is 1.09 bits per heavy atom. The maximum Gasteiger partial charge on any atom is 0.0715 e. The molecule has 1 nitrogen and oxygen atoms in total. The first-order valence-electron chi connectivity index (χ1n) is 8.02. The first-order valence-corrected chi connectivity index (χ1v) is 8.02. The summed E-state index contributed by atoms with van der Waals surface area (Å²) >= 11 is 0. The third-order valence-electron chi connectivity index (χ3n) is 4.92. The van der Waals surface area contributed by atoms with Gasteiger partial charge in [0.2, 0.25) is 0 Å². The van der Waals surface area contributed by atoms with Crippen molar-refractivity contribution in [3.05, 3.63) is 52.1 Å². The van der Waals surface area contributed by atoms with Gasteiger partial charge in [-0.25, -0.2) is 4.98 Å². The highest BCUT2D eigenvalue weighted by molar-refractivity contribution is 6.02. The summed E-state index contributed by atoms with van der Waals surface area (Å²) in [7, 11) is 0. The van der Waals surface area contributed by atoms with Gasteiger partial charge in [-0.1, -0.05) is 32.9 Å². The molecular formula is C21H25N. The lowest BCUT2D eigenvalue weighted by Crippen LogP contribution is -2.15. The van der Waals surface area contributed by atoms with Crippen molar-refractivity contribution in [3.63, 3.8) is 0 Å². The smallest absolute Gasteiger partial charge is 0.0715 e. The molecule has 0 saturated heterocycles. The molecule has 0 aliphatic heterocycles. The second-order valence-electron chi connectivity index (χ2n) is 7.54. The van der Waals surface area contributed by atoms with Crippen molar-refractivity contribution in [3.8, 4) is 0 Å². The zero-order valence-electron chi connectivity index (χ0n) is 14.8. The van der Waals surface area contributed by atoms with Crippen molar-refractivity contribution in [1.29, 1.82) is 0 Å². The van der Waals surface area contributed by atoms with Crippen LogP contribution >= 0.6 is 0 Å². The Labute approximate surface area is 133 Å². The highest BCUT2D eigenvalue weighted by Gasteiger charge is 2.24. The van der Waals surface area contributed by atoms with Crippen molar-refractivity contribution in [2.24, 2.45) is 0 Å². The summed E-state index contributed by atoms with van der Waals surface area (Å²) < 4.78 is 0. The summed E-state index contributed by atoms with van der Waals surface area (Å²) in [6.45, 7) is 15.8. The molecule has 22 heavy (non-hydrogen) atoms. The molecule has 1 aromatic heterocycles. The zero-order chi connectivity index (χ0) is 16.2. The van der Waals surface area contributed by atoms with Gasteiger partial charge in [-0.3, -0.25) is 0 Å². The normalized spacial score (nSPS) is 12.3. The molecule has 1 heterocycles. The molecule has 0 spiro atoms. The zero-order valence-corrected chi connectivity index (χ0v) is 14.8. The van der Waals surface area contributed by atoms with Gasteiger partial charge in [0.15, 0.2) is 0 Å². The number of fused-ring (bicyclic) bond motifs is 2. The fraction of sp³-hybridized carbons (Fsp3) is 0.381. The lowest BCUT2D eigenvalue weighted by Gasteiger charge is -2.26. The predicted octanol–water partition coefficient (Wildman–Crippen LogP) is 5.92. The number of nitrogens with zero attached hydrogens (tertiary/aromatic N) is 1. The number of aromatic nitrogens is 1. The average molecular weight is 291 g/mol. The van der Waals surface area contributed by atoms with Crippen molar-refractivity contribution >= 4 is 21.8 Å². The van der Waals surface area contributed by atoms with E-state index in [0.717, 1.165) is 11.0 Å².